The Morgan fingerprint density at radius 3 is 2.75 bits per heavy atom. The average molecular weight is 237 g/mol. The van der Waals surface area contributed by atoms with Gasteiger partial charge in [-0.3, -0.25) is 4.79 Å². The van der Waals surface area contributed by atoms with Gasteiger partial charge in [0.05, 0.1) is 0 Å². The summed E-state index contributed by atoms with van der Waals surface area (Å²) in [6, 6.07) is 4.14. The Hall–Kier alpha value is -0.670. The van der Waals surface area contributed by atoms with Crippen LogP contribution in [0.3, 0.4) is 0 Å². The molecule has 2 nitrogen and oxygen atoms in total. The first-order valence-electron chi connectivity index (χ1n) is 6.03. The summed E-state index contributed by atoms with van der Waals surface area (Å²) in [5, 5.41) is 2.06. The lowest BCUT2D eigenvalue weighted by Gasteiger charge is -2.25. The van der Waals surface area contributed by atoms with Crippen molar-refractivity contribution in [3.8, 4) is 0 Å². The fourth-order valence-corrected chi connectivity index (χ4v) is 3.31. The second kappa shape index (κ2) is 5.11. The molecule has 0 aromatic carbocycles. The lowest BCUT2D eigenvalue weighted by atomic mass is 9.80. The Morgan fingerprint density at radius 2 is 2.19 bits per heavy atom. The highest BCUT2D eigenvalue weighted by Gasteiger charge is 2.38. The van der Waals surface area contributed by atoms with Crippen LogP contribution >= 0.6 is 11.3 Å². The molecule has 1 aromatic rings. The Balaban J connectivity index is 1.91. The van der Waals surface area contributed by atoms with Gasteiger partial charge in [-0.1, -0.05) is 18.9 Å². The maximum Gasteiger partial charge on any atom is 0.140 e. The number of Topliss-reactive ketones (excluding diaryl/α,β-unsaturated/α-hetero) is 1. The van der Waals surface area contributed by atoms with Gasteiger partial charge in [0.2, 0.25) is 0 Å². The minimum atomic E-state index is -0.169. The summed E-state index contributed by atoms with van der Waals surface area (Å²) in [6.45, 7) is 0.538. The maximum atomic E-state index is 12.2. The standard InChI is InChI=1S/C13H19NOS/c14-10-13(7-1-2-8-13)12(15)6-5-11-4-3-9-16-11/h3-4,9H,1-2,5-8,10,14H2. The van der Waals surface area contributed by atoms with E-state index in [9.17, 15) is 4.79 Å². The molecule has 0 radical (unpaired) electrons. The summed E-state index contributed by atoms with van der Waals surface area (Å²) in [7, 11) is 0. The molecule has 1 fully saturated rings. The lowest BCUT2D eigenvalue weighted by Crippen LogP contribution is -2.36. The summed E-state index contributed by atoms with van der Waals surface area (Å²) in [5.41, 5.74) is 5.63. The van der Waals surface area contributed by atoms with Crippen LogP contribution in [0.5, 0.6) is 0 Å². The number of rotatable bonds is 5. The Morgan fingerprint density at radius 1 is 1.44 bits per heavy atom. The summed E-state index contributed by atoms with van der Waals surface area (Å²) in [6.07, 6.45) is 5.90. The van der Waals surface area contributed by atoms with Crippen LogP contribution in [0.25, 0.3) is 0 Å². The van der Waals surface area contributed by atoms with Crippen LogP contribution in [0.4, 0.5) is 0 Å². The largest absolute Gasteiger partial charge is 0.329 e. The van der Waals surface area contributed by atoms with Crippen molar-refractivity contribution in [2.75, 3.05) is 6.54 Å². The predicted molar refractivity (Wildman–Crippen MR) is 67.6 cm³/mol. The molecule has 0 atom stereocenters. The number of hydrogen-bond donors (Lipinski definition) is 1. The molecule has 0 saturated heterocycles. The molecule has 0 bridgehead atoms. The normalized spacial score (nSPS) is 18.8. The van der Waals surface area contributed by atoms with E-state index in [-0.39, 0.29) is 5.41 Å². The van der Waals surface area contributed by atoms with Crippen molar-refractivity contribution in [2.45, 2.75) is 38.5 Å². The quantitative estimate of drug-likeness (QED) is 0.855. The fourth-order valence-electron chi connectivity index (χ4n) is 2.61. The van der Waals surface area contributed by atoms with Crippen molar-refractivity contribution in [1.29, 1.82) is 0 Å². The number of aryl methyl sites for hydroxylation is 1. The second-order valence-corrected chi connectivity index (χ2v) is 5.73. The molecule has 16 heavy (non-hydrogen) atoms. The molecule has 0 unspecified atom stereocenters. The van der Waals surface area contributed by atoms with E-state index in [4.69, 9.17) is 5.73 Å². The summed E-state index contributed by atoms with van der Waals surface area (Å²) in [4.78, 5) is 13.5. The van der Waals surface area contributed by atoms with Crippen molar-refractivity contribution in [1.82, 2.24) is 0 Å². The zero-order chi connectivity index (χ0) is 11.4. The summed E-state index contributed by atoms with van der Waals surface area (Å²) >= 11 is 1.73. The first-order chi connectivity index (χ1) is 7.77. The molecule has 0 amide bonds. The number of nitrogens with two attached hydrogens (primary N) is 1. The highest BCUT2D eigenvalue weighted by molar-refractivity contribution is 7.09. The van der Waals surface area contributed by atoms with E-state index in [0.29, 0.717) is 18.7 Å². The van der Waals surface area contributed by atoms with Crippen LogP contribution in [0, 0.1) is 5.41 Å². The van der Waals surface area contributed by atoms with Gasteiger partial charge >= 0.3 is 0 Å². The SMILES string of the molecule is NCC1(C(=O)CCc2cccs2)CCCC1. The smallest absolute Gasteiger partial charge is 0.140 e. The minimum Gasteiger partial charge on any atom is -0.329 e. The minimum absolute atomic E-state index is 0.169. The van der Waals surface area contributed by atoms with Gasteiger partial charge in [-0.2, -0.15) is 0 Å². The Bertz CT molecular complexity index is 339. The molecule has 88 valence electrons. The Labute approximate surface area is 101 Å². The average Bonchev–Trinajstić information content (AvgIpc) is 2.97. The molecule has 0 aliphatic heterocycles. The van der Waals surface area contributed by atoms with Crippen molar-refractivity contribution in [3.63, 3.8) is 0 Å². The molecule has 1 aliphatic carbocycles. The van der Waals surface area contributed by atoms with Crippen LogP contribution in [0.2, 0.25) is 0 Å². The highest BCUT2D eigenvalue weighted by atomic mass is 32.1. The van der Waals surface area contributed by atoms with Gasteiger partial charge in [0, 0.05) is 23.3 Å². The number of carbonyl (C=O) groups excluding carboxylic acids is 1. The summed E-state index contributed by atoms with van der Waals surface area (Å²) in [5.74, 6) is 0.390. The molecule has 3 heteroatoms. The predicted octanol–water partition coefficient (Wildman–Crippen LogP) is 2.77. The van der Waals surface area contributed by atoms with E-state index in [1.54, 1.807) is 11.3 Å². The first kappa shape index (κ1) is 11.8. The molecule has 2 rings (SSSR count). The molecule has 0 spiro atoms. The van der Waals surface area contributed by atoms with E-state index in [0.717, 1.165) is 19.3 Å². The third-order valence-electron chi connectivity index (χ3n) is 3.72. The van der Waals surface area contributed by atoms with Gasteiger partial charge in [-0.05, 0) is 30.7 Å². The van der Waals surface area contributed by atoms with Crippen molar-refractivity contribution >= 4 is 17.1 Å². The highest BCUT2D eigenvalue weighted by Crippen LogP contribution is 2.39. The maximum absolute atomic E-state index is 12.2. The van der Waals surface area contributed by atoms with Gasteiger partial charge < -0.3 is 5.73 Å². The molecule has 1 heterocycles. The second-order valence-electron chi connectivity index (χ2n) is 4.69. The summed E-state index contributed by atoms with van der Waals surface area (Å²) < 4.78 is 0. The number of ketones is 1. The van der Waals surface area contributed by atoms with Crippen LogP contribution in [0.15, 0.2) is 17.5 Å². The number of hydrogen-bond acceptors (Lipinski definition) is 3. The first-order valence-corrected chi connectivity index (χ1v) is 6.90. The zero-order valence-electron chi connectivity index (χ0n) is 9.58. The van der Waals surface area contributed by atoms with Crippen molar-refractivity contribution in [2.24, 2.45) is 11.1 Å². The van der Waals surface area contributed by atoms with Crippen molar-refractivity contribution < 1.29 is 4.79 Å². The molecular weight excluding hydrogens is 218 g/mol. The van der Waals surface area contributed by atoms with E-state index >= 15 is 0 Å². The third-order valence-corrected chi connectivity index (χ3v) is 4.66. The van der Waals surface area contributed by atoms with Crippen LogP contribution < -0.4 is 5.73 Å². The van der Waals surface area contributed by atoms with Crippen LogP contribution in [-0.4, -0.2) is 12.3 Å². The number of thiophene rings is 1. The monoisotopic (exact) mass is 237 g/mol. The molecule has 1 aromatic heterocycles. The Kier molecular flexibility index (Phi) is 3.77. The molecule has 1 aliphatic rings. The molecule has 2 N–H and O–H groups in total. The van der Waals surface area contributed by atoms with E-state index in [1.165, 1.54) is 17.7 Å². The van der Waals surface area contributed by atoms with Gasteiger partial charge in [-0.25, -0.2) is 0 Å². The van der Waals surface area contributed by atoms with Gasteiger partial charge in [0.15, 0.2) is 0 Å². The van der Waals surface area contributed by atoms with Crippen LogP contribution in [-0.2, 0) is 11.2 Å². The number of carbonyl (C=O) groups is 1. The van der Waals surface area contributed by atoms with E-state index in [1.807, 2.05) is 6.07 Å². The van der Waals surface area contributed by atoms with E-state index in [2.05, 4.69) is 11.4 Å². The fraction of sp³-hybridized carbons (Fsp3) is 0.615. The van der Waals surface area contributed by atoms with Gasteiger partial charge in [-0.15, -0.1) is 11.3 Å². The van der Waals surface area contributed by atoms with E-state index < -0.39 is 0 Å². The van der Waals surface area contributed by atoms with Gasteiger partial charge in [0.1, 0.15) is 5.78 Å². The van der Waals surface area contributed by atoms with Crippen LogP contribution in [0.1, 0.15) is 37.0 Å². The zero-order valence-corrected chi connectivity index (χ0v) is 10.4. The van der Waals surface area contributed by atoms with Gasteiger partial charge in [0.25, 0.3) is 0 Å². The lowest BCUT2D eigenvalue weighted by molar-refractivity contribution is -0.128. The third kappa shape index (κ3) is 2.36. The molecular formula is C13H19NOS. The topological polar surface area (TPSA) is 43.1 Å². The molecule has 1 saturated carbocycles. The van der Waals surface area contributed by atoms with Crippen molar-refractivity contribution in [3.05, 3.63) is 22.4 Å².